The van der Waals surface area contributed by atoms with Crippen LogP contribution >= 0.6 is 31.9 Å². The van der Waals surface area contributed by atoms with Crippen LogP contribution in [0.4, 0.5) is 0 Å². The first-order valence-electron chi connectivity index (χ1n) is 6.89. The molecule has 0 aliphatic heterocycles. The summed E-state index contributed by atoms with van der Waals surface area (Å²) in [7, 11) is 0. The van der Waals surface area contributed by atoms with Crippen LogP contribution in [0.3, 0.4) is 0 Å². The molecule has 2 nitrogen and oxygen atoms in total. The van der Waals surface area contributed by atoms with Gasteiger partial charge in [-0.15, -0.1) is 0 Å². The second-order valence-corrected chi connectivity index (χ2v) is 6.70. The fourth-order valence-electron chi connectivity index (χ4n) is 1.84. The molecule has 0 heterocycles. The van der Waals surface area contributed by atoms with Crippen molar-refractivity contribution in [2.75, 3.05) is 6.54 Å². The number of halogens is 2. The second-order valence-electron chi connectivity index (χ2n) is 4.93. The average Bonchev–Trinajstić information content (AvgIpc) is 2.32. The van der Waals surface area contributed by atoms with E-state index in [2.05, 4.69) is 50.2 Å². The Hall–Kier alpha value is -0.0600. The Kier molecular flexibility index (Phi) is 8.03. The molecule has 19 heavy (non-hydrogen) atoms. The third-order valence-electron chi connectivity index (χ3n) is 2.71. The molecule has 0 unspecified atom stereocenters. The Morgan fingerprint density at radius 1 is 1.21 bits per heavy atom. The van der Waals surface area contributed by atoms with E-state index in [9.17, 15) is 0 Å². The fraction of sp³-hybridized carbons (Fsp3) is 0.600. The van der Waals surface area contributed by atoms with Crippen LogP contribution < -0.4 is 10.1 Å². The third kappa shape index (κ3) is 6.28. The minimum atomic E-state index is 0.177. The largest absolute Gasteiger partial charge is 0.489 e. The number of unbranched alkanes of at least 4 members (excludes halogenated alkanes) is 2. The first-order valence-corrected chi connectivity index (χ1v) is 8.48. The molecule has 0 aromatic heterocycles. The van der Waals surface area contributed by atoms with Gasteiger partial charge < -0.3 is 10.1 Å². The highest BCUT2D eigenvalue weighted by atomic mass is 79.9. The lowest BCUT2D eigenvalue weighted by Gasteiger charge is -2.17. The normalized spacial score (nSPS) is 11.1. The van der Waals surface area contributed by atoms with Gasteiger partial charge in [0.25, 0.3) is 0 Å². The van der Waals surface area contributed by atoms with Gasteiger partial charge in [-0.05, 0) is 54.9 Å². The molecule has 0 radical (unpaired) electrons. The fourth-order valence-corrected chi connectivity index (χ4v) is 3.24. The maximum Gasteiger partial charge on any atom is 0.138 e. The van der Waals surface area contributed by atoms with Gasteiger partial charge in [-0.25, -0.2) is 0 Å². The van der Waals surface area contributed by atoms with Gasteiger partial charge in [-0.2, -0.15) is 0 Å². The standard InChI is InChI=1S/C15H23Br2NO/c1-4-5-6-7-18-10-12-8-13(16)9-14(17)15(12)19-11(2)3/h8-9,11,18H,4-7,10H2,1-3H3. The average molecular weight is 393 g/mol. The van der Waals surface area contributed by atoms with E-state index >= 15 is 0 Å². The van der Waals surface area contributed by atoms with E-state index in [-0.39, 0.29) is 6.10 Å². The monoisotopic (exact) mass is 391 g/mol. The molecular weight excluding hydrogens is 370 g/mol. The van der Waals surface area contributed by atoms with E-state index in [0.717, 1.165) is 27.8 Å². The van der Waals surface area contributed by atoms with Crippen LogP contribution in [0.15, 0.2) is 21.1 Å². The summed E-state index contributed by atoms with van der Waals surface area (Å²) in [5, 5.41) is 3.48. The van der Waals surface area contributed by atoms with Gasteiger partial charge in [0, 0.05) is 16.6 Å². The smallest absolute Gasteiger partial charge is 0.138 e. The summed E-state index contributed by atoms with van der Waals surface area (Å²) in [5.41, 5.74) is 1.19. The topological polar surface area (TPSA) is 21.3 Å². The van der Waals surface area contributed by atoms with E-state index in [0.29, 0.717) is 0 Å². The van der Waals surface area contributed by atoms with Gasteiger partial charge in [0.1, 0.15) is 5.75 Å². The number of benzene rings is 1. The SMILES string of the molecule is CCCCCNCc1cc(Br)cc(Br)c1OC(C)C. The number of ether oxygens (including phenoxy) is 1. The van der Waals surface area contributed by atoms with Crippen molar-refractivity contribution in [1.82, 2.24) is 5.32 Å². The summed E-state index contributed by atoms with van der Waals surface area (Å²) in [6.45, 7) is 8.21. The maximum absolute atomic E-state index is 5.90. The summed E-state index contributed by atoms with van der Waals surface area (Å²) in [6, 6.07) is 4.15. The minimum Gasteiger partial charge on any atom is -0.489 e. The third-order valence-corrected chi connectivity index (χ3v) is 3.76. The summed E-state index contributed by atoms with van der Waals surface area (Å²) in [5.74, 6) is 0.946. The summed E-state index contributed by atoms with van der Waals surface area (Å²) < 4.78 is 7.97. The molecule has 0 aliphatic rings. The number of nitrogens with one attached hydrogen (secondary N) is 1. The molecule has 4 heteroatoms. The Balaban J connectivity index is 2.68. The zero-order chi connectivity index (χ0) is 14.3. The lowest BCUT2D eigenvalue weighted by molar-refractivity contribution is 0.238. The van der Waals surface area contributed by atoms with E-state index in [1.807, 2.05) is 19.9 Å². The Morgan fingerprint density at radius 2 is 1.95 bits per heavy atom. The zero-order valence-electron chi connectivity index (χ0n) is 11.9. The molecule has 0 fully saturated rings. The number of hydrogen-bond donors (Lipinski definition) is 1. The minimum absolute atomic E-state index is 0.177. The van der Waals surface area contributed by atoms with Gasteiger partial charge in [0.05, 0.1) is 10.6 Å². The summed E-state index contributed by atoms with van der Waals surface area (Å²) >= 11 is 7.11. The van der Waals surface area contributed by atoms with E-state index < -0.39 is 0 Å². The molecule has 0 aliphatic carbocycles. The number of rotatable bonds is 8. The van der Waals surface area contributed by atoms with Gasteiger partial charge in [0.2, 0.25) is 0 Å². The first kappa shape index (κ1) is 17.0. The van der Waals surface area contributed by atoms with Crippen LogP contribution in [0.5, 0.6) is 5.75 Å². The first-order chi connectivity index (χ1) is 9.04. The molecular formula is C15H23Br2NO. The van der Waals surface area contributed by atoms with Crippen LogP contribution in [-0.4, -0.2) is 12.6 Å². The van der Waals surface area contributed by atoms with E-state index in [1.54, 1.807) is 0 Å². The lowest BCUT2D eigenvalue weighted by atomic mass is 10.2. The molecule has 1 aromatic rings. The lowest BCUT2D eigenvalue weighted by Crippen LogP contribution is -2.17. The van der Waals surface area contributed by atoms with Crippen molar-refractivity contribution in [3.63, 3.8) is 0 Å². The Bertz CT molecular complexity index is 394. The van der Waals surface area contributed by atoms with Crippen LogP contribution in [0.2, 0.25) is 0 Å². The Morgan fingerprint density at radius 3 is 2.58 bits per heavy atom. The van der Waals surface area contributed by atoms with Crippen molar-refractivity contribution < 1.29 is 4.74 Å². The summed E-state index contributed by atoms with van der Waals surface area (Å²) in [4.78, 5) is 0. The predicted octanol–water partition coefficient (Wildman–Crippen LogP) is 5.28. The molecule has 0 atom stereocenters. The maximum atomic E-state index is 5.90. The highest BCUT2D eigenvalue weighted by Crippen LogP contribution is 2.33. The quantitative estimate of drug-likeness (QED) is 0.607. The van der Waals surface area contributed by atoms with E-state index in [1.165, 1.54) is 24.8 Å². The van der Waals surface area contributed by atoms with Gasteiger partial charge in [-0.1, -0.05) is 35.7 Å². The van der Waals surface area contributed by atoms with Gasteiger partial charge in [0.15, 0.2) is 0 Å². The summed E-state index contributed by atoms with van der Waals surface area (Å²) in [6.07, 6.45) is 3.94. The predicted molar refractivity (Wildman–Crippen MR) is 88.8 cm³/mol. The van der Waals surface area contributed by atoms with Crippen LogP contribution in [-0.2, 0) is 6.54 Å². The molecule has 0 amide bonds. The van der Waals surface area contributed by atoms with Crippen molar-refractivity contribution in [3.05, 3.63) is 26.6 Å². The molecule has 1 rings (SSSR count). The van der Waals surface area contributed by atoms with Crippen molar-refractivity contribution in [2.45, 2.75) is 52.7 Å². The molecule has 1 aromatic carbocycles. The van der Waals surface area contributed by atoms with Crippen molar-refractivity contribution in [1.29, 1.82) is 0 Å². The van der Waals surface area contributed by atoms with Gasteiger partial charge in [-0.3, -0.25) is 0 Å². The molecule has 0 spiro atoms. The van der Waals surface area contributed by atoms with Crippen LogP contribution in [0.1, 0.15) is 45.6 Å². The number of hydrogen-bond acceptors (Lipinski definition) is 2. The van der Waals surface area contributed by atoms with E-state index in [4.69, 9.17) is 4.74 Å². The Labute approximate surface area is 133 Å². The second kappa shape index (κ2) is 8.98. The van der Waals surface area contributed by atoms with Crippen LogP contribution in [0, 0.1) is 0 Å². The molecule has 0 saturated heterocycles. The van der Waals surface area contributed by atoms with Crippen LogP contribution in [0.25, 0.3) is 0 Å². The molecule has 108 valence electrons. The molecule has 0 bridgehead atoms. The molecule has 0 saturated carbocycles. The van der Waals surface area contributed by atoms with Crippen molar-refractivity contribution in [2.24, 2.45) is 0 Å². The van der Waals surface area contributed by atoms with Gasteiger partial charge >= 0.3 is 0 Å². The molecule has 1 N–H and O–H groups in total. The van der Waals surface area contributed by atoms with Crippen molar-refractivity contribution in [3.8, 4) is 5.75 Å². The zero-order valence-corrected chi connectivity index (χ0v) is 15.1. The van der Waals surface area contributed by atoms with Crippen molar-refractivity contribution >= 4 is 31.9 Å². The highest BCUT2D eigenvalue weighted by Gasteiger charge is 2.11. The highest BCUT2D eigenvalue weighted by molar-refractivity contribution is 9.11.